The number of hydrogen-bond donors (Lipinski definition) is 1. The van der Waals surface area contributed by atoms with Crippen LogP contribution in [0.15, 0.2) is 54.9 Å². The third-order valence-electron chi connectivity index (χ3n) is 5.62. The Morgan fingerprint density at radius 1 is 1.06 bits per heavy atom. The predicted molar refractivity (Wildman–Crippen MR) is 125 cm³/mol. The fourth-order valence-corrected chi connectivity index (χ4v) is 4.65. The molecule has 31 heavy (non-hydrogen) atoms. The molecule has 158 valence electrons. The van der Waals surface area contributed by atoms with Gasteiger partial charge in [0.25, 0.3) is 0 Å². The fraction of sp³-hybridized carbons (Fsp3) is 0.261. The van der Waals surface area contributed by atoms with Crippen molar-refractivity contribution in [3.63, 3.8) is 0 Å². The van der Waals surface area contributed by atoms with Gasteiger partial charge in [-0.3, -0.25) is 10.1 Å². The molecule has 4 aromatic rings. The number of morpholine rings is 1. The van der Waals surface area contributed by atoms with E-state index in [1.54, 1.807) is 13.3 Å². The van der Waals surface area contributed by atoms with Gasteiger partial charge < -0.3 is 14.2 Å². The highest BCUT2D eigenvalue weighted by molar-refractivity contribution is 7.60. The van der Waals surface area contributed by atoms with Crippen molar-refractivity contribution in [1.82, 2.24) is 20.2 Å². The van der Waals surface area contributed by atoms with Gasteiger partial charge in [-0.1, -0.05) is 24.3 Å². The van der Waals surface area contributed by atoms with E-state index in [1.165, 1.54) is 5.30 Å². The Kier molecular flexibility index (Phi) is 5.64. The number of nitrogens with zero attached hydrogens (tertiary/aromatic N) is 4. The number of rotatable bonds is 5. The number of H-pyrrole nitrogens is 1. The number of ether oxygens (including phenoxy) is 1. The van der Waals surface area contributed by atoms with E-state index in [0.29, 0.717) is 13.2 Å². The number of nitrogens with one attached hydrogen (secondary N) is 1. The molecule has 1 atom stereocenters. The normalized spacial score (nSPS) is 15.4. The minimum absolute atomic E-state index is 0.591. The second kappa shape index (κ2) is 8.71. The van der Waals surface area contributed by atoms with Crippen LogP contribution >= 0.6 is 8.15 Å². The van der Waals surface area contributed by atoms with Crippen LogP contribution in [0.1, 0.15) is 0 Å². The highest BCUT2D eigenvalue weighted by Gasteiger charge is 2.19. The summed E-state index contributed by atoms with van der Waals surface area (Å²) in [6.07, 6.45) is 3.57. The van der Waals surface area contributed by atoms with Crippen molar-refractivity contribution in [2.24, 2.45) is 0 Å². The summed E-state index contributed by atoms with van der Waals surface area (Å²) in [4.78, 5) is 11.9. The molecule has 1 unspecified atom stereocenters. The Labute approximate surface area is 182 Å². The van der Waals surface area contributed by atoms with Gasteiger partial charge in [-0.15, -0.1) is 0 Å². The lowest BCUT2D eigenvalue weighted by atomic mass is 10.00. The summed E-state index contributed by atoms with van der Waals surface area (Å²) in [6.45, 7) is 5.18. The van der Waals surface area contributed by atoms with Gasteiger partial charge in [0.15, 0.2) is 0 Å². The van der Waals surface area contributed by atoms with Gasteiger partial charge in [-0.05, 0) is 36.0 Å². The van der Waals surface area contributed by atoms with E-state index in [4.69, 9.17) is 14.2 Å². The van der Waals surface area contributed by atoms with Crippen molar-refractivity contribution in [2.45, 2.75) is 0 Å². The molecule has 0 saturated carbocycles. The molecule has 1 aromatic carbocycles. The highest BCUT2D eigenvalue weighted by atomic mass is 31.1. The van der Waals surface area contributed by atoms with E-state index in [-0.39, 0.29) is 0 Å². The molecule has 4 heterocycles. The van der Waals surface area contributed by atoms with E-state index < -0.39 is 8.15 Å². The smallest absolute Gasteiger partial charge is 0.130 e. The summed E-state index contributed by atoms with van der Waals surface area (Å²) < 4.78 is 11.1. The Balaban J connectivity index is 1.69. The van der Waals surface area contributed by atoms with Gasteiger partial charge in [-0.25, -0.2) is 4.98 Å². The van der Waals surface area contributed by atoms with Gasteiger partial charge >= 0.3 is 0 Å². The number of aromatic nitrogens is 4. The van der Waals surface area contributed by atoms with Gasteiger partial charge in [0.05, 0.1) is 27.1 Å². The number of hydrogen-bond acceptors (Lipinski definition) is 6. The van der Waals surface area contributed by atoms with Crippen LogP contribution in [0.5, 0.6) is 0 Å². The maximum Gasteiger partial charge on any atom is 0.130 e. The highest BCUT2D eigenvalue weighted by Crippen LogP contribution is 2.36. The first kappa shape index (κ1) is 20.1. The molecule has 0 radical (unpaired) electrons. The van der Waals surface area contributed by atoms with Crippen molar-refractivity contribution in [1.29, 1.82) is 0 Å². The Bertz CT molecular complexity index is 1170. The second-order valence-electron chi connectivity index (χ2n) is 7.38. The Morgan fingerprint density at radius 3 is 2.58 bits per heavy atom. The molecular formula is C23H24N5O2P. The first-order chi connectivity index (χ1) is 15.2. The van der Waals surface area contributed by atoms with Crippen LogP contribution in [0, 0.1) is 0 Å². The molecule has 1 fully saturated rings. The summed E-state index contributed by atoms with van der Waals surface area (Å²) in [7, 11) is 1.17. The van der Waals surface area contributed by atoms with Crippen LogP contribution in [0.25, 0.3) is 33.4 Å². The number of pyridine rings is 2. The zero-order valence-corrected chi connectivity index (χ0v) is 18.5. The van der Waals surface area contributed by atoms with Crippen LogP contribution in [0.2, 0.25) is 0 Å². The van der Waals surface area contributed by atoms with Crippen LogP contribution < -0.4 is 10.2 Å². The molecule has 1 aliphatic rings. The monoisotopic (exact) mass is 433 g/mol. The molecule has 0 amide bonds. The lowest BCUT2D eigenvalue weighted by Crippen LogP contribution is -2.36. The van der Waals surface area contributed by atoms with Crippen LogP contribution in [0.3, 0.4) is 0 Å². The van der Waals surface area contributed by atoms with E-state index >= 15 is 0 Å². The van der Waals surface area contributed by atoms with Crippen molar-refractivity contribution < 1.29 is 9.26 Å². The standard InChI is InChI=1S/C23H24N5O2P/c1-29-31(2)17-5-3-16(4-6-17)19-15-21(28-11-13-30-14-12-28)26-22-18(19)7-9-24-23(22)20-8-10-25-27-20/h3-10,15H,11-14H2,1-2H3,(H,25,27). The van der Waals surface area contributed by atoms with Crippen molar-refractivity contribution in [3.05, 3.63) is 54.9 Å². The largest absolute Gasteiger partial charge is 0.378 e. The molecule has 8 heteroatoms. The van der Waals surface area contributed by atoms with Crippen LogP contribution in [-0.4, -0.2) is 60.2 Å². The lowest BCUT2D eigenvalue weighted by Gasteiger charge is -2.28. The van der Waals surface area contributed by atoms with E-state index in [2.05, 4.69) is 57.1 Å². The minimum Gasteiger partial charge on any atom is -0.378 e. The number of aromatic amines is 1. The molecule has 3 aromatic heterocycles. The summed E-state index contributed by atoms with van der Waals surface area (Å²) in [5.41, 5.74) is 4.81. The number of fused-ring (bicyclic) bond motifs is 1. The zero-order chi connectivity index (χ0) is 21.2. The summed E-state index contributed by atoms with van der Waals surface area (Å²) in [5, 5.41) is 9.42. The van der Waals surface area contributed by atoms with Crippen molar-refractivity contribution in [3.8, 4) is 22.5 Å². The molecule has 0 spiro atoms. The first-order valence-electron chi connectivity index (χ1n) is 10.2. The molecular weight excluding hydrogens is 409 g/mol. The molecule has 0 bridgehead atoms. The SMILES string of the molecule is COP(C)c1ccc(-c2cc(N3CCOCC3)nc3c(-c4ccn[nH]4)nccc23)cc1. The molecule has 1 aliphatic heterocycles. The molecule has 7 nitrogen and oxygen atoms in total. The van der Waals surface area contributed by atoms with Gasteiger partial charge in [0.1, 0.15) is 17.0 Å². The maximum absolute atomic E-state index is 5.55. The third kappa shape index (κ3) is 3.92. The van der Waals surface area contributed by atoms with E-state index in [0.717, 1.165) is 52.3 Å². The molecule has 1 saturated heterocycles. The van der Waals surface area contributed by atoms with E-state index in [9.17, 15) is 0 Å². The predicted octanol–water partition coefficient (Wildman–Crippen LogP) is 3.82. The summed E-state index contributed by atoms with van der Waals surface area (Å²) >= 11 is 0. The number of anilines is 1. The Morgan fingerprint density at radius 2 is 1.87 bits per heavy atom. The van der Waals surface area contributed by atoms with Gasteiger partial charge in [0.2, 0.25) is 0 Å². The first-order valence-corrected chi connectivity index (χ1v) is 12.0. The zero-order valence-electron chi connectivity index (χ0n) is 17.6. The molecule has 1 N–H and O–H groups in total. The fourth-order valence-electron chi connectivity index (χ4n) is 3.87. The average molecular weight is 433 g/mol. The van der Waals surface area contributed by atoms with Crippen molar-refractivity contribution in [2.75, 3.05) is 45.0 Å². The third-order valence-corrected chi connectivity index (χ3v) is 7.19. The van der Waals surface area contributed by atoms with Crippen LogP contribution in [-0.2, 0) is 9.26 Å². The topological polar surface area (TPSA) is 76.2 Å². The Hall–Kier alpha value is -2.86. The summed E-state index contributed by atoms with van der Waals surface area (Å²) in [6, 6.07) is 14.8. The number of benzene rings is 1. The maximum atomic E-state index is 5.55. The van der Waals surface area contributed by atoms with Gasteiger partial charge in [0, 0.05) is 43.3 Å². The van der Waals surface area contributed by atoms with Crippen LogP contribution in [0.4, 0.5) is 5.82 Å². The van der Waals surface area contributed by atoms with Gasteiger partial charge in [-0.2, -0.15) is 5.10 Å². The second-order valence-corrected chi connectivity index (χ2v) is 9.26. The summed E-state index contributed by atoms with van der Waals surface area (Å²) in [5.74, 6) is 0.943. The van der Waals surface area contributed by atoms with Crippen molar-refractivity contribution >= 4 is 30.2 Å². The molecule has 5 rings (SSSR count). The average Bonchev–Trinajstić information content (AvgIpc) is 3.38. The quantitative estimate of drug-likeness (QED) is 0.482. The van der Waals surface area contributed by atoms with E-state index in [1.807, 2.05) is 18.3 Å². The molecule has 0 aliphatic carbocycles. The minimum atomic E-state index is -0.591. The lowest BCUT2D eigenvalue weighted by molar-refractivity contribution is 0.122.